The first-order valence-corrected chi connectivity index (χ1v) is 17.3. The monoisotopic (exact) mass is 648 g/mol. The lowest BCUT2D eigenvalue weighted by Gasteiger charge is -2.16. The van der Waals surface area contributed by atoms with Crippen molar-refractivity contribution in [2.24, 2.45) is 0 Å². The highest BCUT2D eigenvalue weighted by Crippen LogP contribution is 2.46. The summed E-state index contributed by atoms with van der Waals surface area (Å²) in [7, 11) is 0. The van der Waals surface area contributed by atoms with E-state index in [0.717, 1.165) is 33.2 Å². The third-order valence-corrected chi connectivity index (χ3v) is 10.4. The zero-order chi connectivity index (χ0) is 33.5. The summed E-state index contributed by atoms with van der Waals surface area (Å²) in [6.07, 6.45) is 4.61. The van der Waals surface area contributed by atoms with Crippen LogP contribution in [0.25, 0.3) is 106 Å². The molecule has 4 heteroatoms. The van der Waals surface area contributed by atoms with Gasteiger partial charge in [0.15, 0.2) is 17.5 Å². The normalized spacial score (nSPS) is 12.2. The molecule has 0 amide bonds. The Balaban J connectivity index is 1.22. The molecule has 0 fully saturated rings. The fraction of sp³-hybridized carbons (Fsp3) is 0. The minimum Gasteiger partial charge on any atom is -0.309 e. The Hall–Kier alpha value is -6.91. The first kappa shape index (κ1) is 28.0. The molecule has 2 aromatic heterocycles. The Morgan fingerprint density at radius 3 is 1.80 bits per heavy atom. The van der Waals surface area contributed by atoms with Crippen molar-refractivity contribution in [3.63, 3.8) is 0 Å². The molecule has 1 aliphatic rings. The van der Waals surface area contributed by atoms with E-state index in [0.29, 0.717) is 17.5 Å². The quantitative estimate of drug-likeness (QED) is 0.191. The lowest BCUT2D eigenvalue weighted by molar-refractivity contribution is 1.08. The van der Waals surface area contributed by atoms with E-state index < -0.39 is 0 Å². The number of fused-ring (bicyclic) bond motifs is 3. The predicted octanol–water partition coefficient (Wildman–Crippen LogP) is 11.9. The second-order valence-electron chi connectivity index (χ2n) is 13.2. The van der Waals surface area contributed by atoms with E-state index in [2.05, 4.69) is 138 Å². The van der Waals surface area contributed by atoms with Crippen molar-refractivity contribution in [1.29, 1.82) is 0 Å². The first-order valence-electron chi connectivity index (χ1n) is 17.3. The van der Waals surface area contributed by atoms with Gasteiger partial charge >= 0.3 is 0 Å². The number of aromatic nitrogens is 4. The van der Waals surface area contributed by atoms with Crippen molar-refractivity contribution in [2.45, 2.75) is 0 Å². The van der Waals surface area contributed by atoms with Crippen LogP contribution in [-0.2, 0) is 0 Å². The SMILES string of the molecule is C1=Cc2c3ccccc3cc3c2c2c4c1cccc4ccc2n3-c1ccc(-c2nc(-c3ccccc3)nc(-c3ccccc3)n2)c2ccccc12. The van der Waals surface area contributed by atoms with Crippen molar-refractivity contribution in [3.8, 4) is 39.9 Å². The average molecular weight is 649 g/mol. The second-order valence-corrected chi connectivity index (χ2v) is 13.2. The standard InChI is InChI=1S/C47H28N4/c1-3-12-31(13-4-1)45-48-46(32-14-5-2-6-15-32)50-47(49-45)38-25-27-39(36-21-10-9-20-35(36)38)51-40-26-23-30-18-11-17-29-22-24-37-34-19-8-7-16-33(34)28-41(51)43(37)44(40)42(29)30/h1-28H. The number of rotatable bonds is 4. The van der Waals surface area contributed by atoms with E-state index in [1.165, 1.54) is 54.5 Å². The highest BCUT2D eigenvalue weighted by Gasteiger charge is 2.23. The number of hydrogen-bond acceptors (Lipinski definition) is 3. The summed E-state index contributed by atoms with van der Waals surface area (Å²) >= 11 is 0. The Morgan fingerprint density at radius 1 is 0.392 bits per heavy atom. The van der Waals surface area contributed by atoms with Crippen LogP contribution in [0.15, 0.2) is 158 Å². The van der Waals surface area contributed by atoms with Gasteiger partial charge in [-0.25, -0.2) is 15.0 Å². The summed E-state index contributed by atoms with van der Waals surface area (Å²) in [5.41, 5.74) is 8.90. The molecule has 236 valence electrons. The molecule has 0 aliphatic heterocycles. The number of hydrogen-bond donors (Lipinski definition) is 0. The summed E-state index contributed by atoms with van der Waals surface area (Å²) in [6.45, 7) is 0. The van der Waals surface area contributed by atoms with Crippen molar-refractivity contribution in [1.82, 2.24) is 19.5 Å². The van der Waals surface area contributed by atoms with E-state index in [1.54, 1.807) is 0 Å². The van der Waals surface area contributed by atoms with Crippen molar-refractivity contribution < 1.29 is 0 Å². The maximum Gasteiger partial charge on any atom is 0.164 e. The van der Waals surface area contributed by atoms with E-state index in [4.69, 9.17) is 15.0 Å². The smallest absolute Gasteiger partial charge is 0.164 e. The van der Waals surface area contributed by atoms with Crippen LogP contribution in [0.1, 0.15) is 11.1 Å². The molecule has 51 heavy (non-hydrogen) atoms. The van der Waals surface area contributed by atoms with Gasteiger partial charge in [-0.2, -0.15) is 0 Å². The number of benzene rings is 8. The second kappa shape index (κ2) is 10.8. The molecular weight excluding hydrogens is 621 g/mol. The summed E-state index contributed by atoms with van der Waals surface area (Å²) in [4.78, 5) is 15.1. The van der Waals surface area contributed by atoms with Crippen LogP contribution in [-0.4, -0.2) is 19.5 Å². The van der Waals surface area contributed by atoms with Crippen LogP contribution in [0.2, 0.25) is 0 Å². The Labute approximate surface area is 293 Å². The molecule has 0 N–H and O–H groups in total. The van der Waals surface area contributed by atoms with Gasteiger partial charge in [0.05, 0.1) is 16.7 Å². The Kier molecular flexibility index (Phi) is 5.92. The molecule has 11 rings (SSSR count). The lowest BCUT2D eigenvalue weighted by Crippen LogP contribution is -2.01. The van der Waals surface area contributed by atoms with Gasteiger partial charge in [-0.05, 0) is 62.3 Å². The molecule has 0 unspecified atom stereocenters. The third kappa shape index (κ3) is 4.17. The third-order valence-electron chi connectivity index (χ3n) is 10.4. The van der Waals surface area contributed by atoms with Gasteiger partial charge in [-0.15, -0.1) is 0 Å². The summed E-state index contributed by atoms with van der Waals surface area (Å²) in [6, 6.07) is 55.7. The van der Waals surface area contributed by atoms with Gasteiger partial charge in [-0.1, -0.05) is 146 Å². The van der Waals surface area contributed by atoms with E-state index in [-0.39, 0.29) is 0 Å². The minimum absolute atomic E-state index is 0.649. The maximum absolute atomic E-state index is 5.10. The Morgan fingerprint density at radius 2 is 1.04 bits per heavy atom. The fourth-order valence-corrected chi connectivity index (χ4v) is 8.11. The van der Waals surface area contributed by atoms with Gasteiger partial charge in [0.1, 0.15) is 0 Å². The van der Waals surface area contributed by atoms with Crippen molar-refractivity contribution in [3.05, 3.63) is 169 Å². The average Bonchev–Trinajstić information content (AvgIpc) is 3.42. The van der Waals surface area contributed by atoms with Crippen LogP contribution in [0.3, 0.4) is 0 Å². The van der Waals surface area contributed by atoms with Crippen LogP contribution >= 0.6 is 0 Å². The van der Waals surface area contributed by atoms with Gasteiger partial charge in [0, 0.05) is 32.8 Å². The molecule has 4 nitrogen and oxygen atoms in total. The maximum atomic E-state index is 5.10. The fourth-order valence-electron chi connectivity index (χ4n) is 8.11. The Bertz CT molecular complexity index is 3010. The summed E-state index contributed by atoms with van der Waals surface area (Å²) in [5.74, 6) is 1.95. The van der Waals surface area contributed by atoms with Gasteiger partial charge in [0.2, 0.25) is 0 Å². The lowest BCUT2D eigenvalue weighted by atomic mass is 9.97. The largest absolute Gasteiger partial charge is 0.309 e. The molecule has 0 radical (unpaired) electrons. The van der Waals surface area contributed by atoms with Gasteiger partial charge in [-0.3, -0.25) is 0 Å². The molecule has 0 saturated carbocycles. The molecule has 8 aromatic carbocycles. The molecule has 10 aromatic rings. The van der Waals surface area contributed by atoms with Crippen LogP contribution < -0.4 is 0 Å². The van der Waals surface area contributed by atoms with Gasteiger partial charge < -0.3 is 4.57 Å². The molecule has 0 spiro atoms. The summed E-state index contributed by atoms with van der Waals surface area (Å²) < 4.78 is 2.47. The van der Waals surface area contributed by atoms with E-state index in [1.807, 2.05) is 36.4 Å². The molecule has 2 heterocycles. The minimum atomic E-state index is 0.649. The van der Waals surface area contributed by atoms with Crippen LogP contribution in [0.5, 0.6) is 0 Å². The highest BCUT2D eigenvalue weighted by atomic mass is 15.0. The topological polar surface area (TPSA) is 43.6 Å². The predicted molar refractivity (Wildman–Crippen MR) is 212 cm³/mol. The highest BCUT2D eigenvalue weighted by molar-refractivity contribution is 6.29. The van der Waals surface area contributed by atoms with Crippen molar-refractivity contribution in [2.75, 3.05) is 0 Å². The summed E-state index contributed by atoms with van der Waals surface area (Å²) in [5, 5.41) is 9.86. The van der Waals surface area contributed by atoms with Gasteiger partial charge in [0.25, 0.3) is 0 Å². The zero-order valence-electron chi connectivity index (χ0n) is 27.5. The van der Waals surface area contributed by atoms with Crippen LogP contribution in [0.4, 0.5) is 0 Å². The van der Waals surface area contributed by atoms with Crippen LogP contribution in [0, 0.1) is 0 Å². The molecule has 0 saturated heterocycles. The van der Waals surface area contributed by atoms with E-state index in [9.17, 15) is 0 Å². The molecule has 0 bridgehead atoms. The number of nitrogens with zero attached hydrogens (tertiary/aromatic N) is 4. The van der Waals surface area contributed by atoms with E-state index >= 15 is 0 Å². The van der Waals surface area contributed by atoms with Crippen molar-refractivity contribution >= 4 is 66.3 Å². The zero-order valence-corrected chi connectivity index (χ0v) is 27.5. The molecule has 0 atom stereocenters. The molecular formula is C47H28N4. The molecule has 1 aliphatic carbocycles. The first-order chi connectivity index (χ1) is 25.3.